The van der Waals surface area contributed by atoms with Gasteiger partial charge in [0.25, 0.3) is 0 Å². The largest absolute Gasteiger partial charge is 0.338 e. The molecule has 0 N–H and O–H groups in total. The fraction of sp³-hybridized carbons (Fsp3) is 0.368. The topological polar surface area (TPSA) is 36.4 Å². The number of aryl methyl sites for hydroxylation is 2. The standard InChI is InChI=1S/C19H24FN3O/c1-13-10-14(2)21-17(11-13)12-23(5)19(24)18(22(3)4)15-6-8-16(20)9-7-15/h6-11,18H,12H2,1-5H3. The molecule has 0 saturated carbocycles. The van der Waals surface area contributed by atoms with E-state index in [1.54, 1.807) is 24.1 Å². The van der Waals surface area contributed by atoms with Gasteiger partial charge >= 0.3 is 0 Å². The van der Waals surface area contributed by atoms with Gasteiger partial charge in [-0.25, -0.2) is 4.39 Å². The zero-order valence-electron chi connectivity index (χ0n) is 14.9. The zero-order chi connectivity index (χ0) is 17.9. The van der Waals surface area contributed by atoms with Crippen LogP contribution in [0.25, 0.3) is 0 Å². The smallest absolute Gasteiger partial charge is 0.244 e. The molecule has 1 heterocycles. The molecule has 1 aromatic carbocycles. The van der Waals surface area contributed by atoms with Crippen molar-refractivity contribution in [1.29, 1.82) is 0 Å². The number of nitrogens with zero attached hydrogens (tertiary/aromatic N) is 3. The Labute approximate surface area is 142 Å². The number of benzene rings is 1. The van der Waals surface area contributed by atoms with Crippen molar-refractivity contribution in [1.82, 2.24) is 14.8 Å². The lowest BCUT2D eigenvalue weighted by Gasteiger charge is -2.28. The zero-order valence-corrected chi connectivity index (χ0v) is 14.9. The number of amides is 1. The molecule has 24 heavy (non-hydrogen) atoms. The lowest BCUT2D eigenvalue weighted by Crippen LogP contribution is -2.38. The Bertz CT molecular complexity index is 693. The van der Waals surface area contributed by atoms with E-state index < -0.39 is 6.04 Å². The number of hydrogen-bond acceptors (Lipinski definition) is 3. The molecule has 0 aliphatic carbocycles. The molecular formula is C19H24FN3O. The van der Waals surface area contributed by atoms with E-state index >= 15 is 0 Å². The third-order valence-electron chi connectivity index (χ3n) is 3.86. The third-order valence-corrected chi connectivity index (χ3v) is 3.86. The first-order chi connectivity index (χ1) is 11.3. The van der Waals surface area contributed by atoms with Gasteiger partial charge in [-0.2, -0.15) is 0 Å². The first kappa shape index (κ1) is 18.1. The quantitative estimate of drug-likeness (QED) is 0.846. The van der Waals surface area contributed by atoms with Crippen LogP contribution in [0.2, 0.25) is 0 Å². The van der Waals surface area contributed by atoms with Gasteiger partial charge < -0.3 is 4.90 Å². The van der Waals surface area contributed by atoms with Gasteiger partial charge in [0.1, 0.15) is 11.9 Å². The van der Waals surface area contributed by atoms with Gasteiger partial charge in [0.05, 0.1) is 12.2 Å². The number of rotatable bonds is 5. The summed E-state index contributed by atoms with van der Waals surface area (Å²) < 4.78 is 13.2. The maximum absolute atomic E-state index is 13.2. The highest BCUT2D eigenvalue weighted by molar-refractivity contribution is 5.83. The number of halogens is 1. The first-order valence-corrected chi connectivity index (χ1v) is 7.89. The van der Waals surface area contributed by atoms with Crippen LogP contribution in [0.15, 0.2) is 36.4 Å². The SMILES string of the molecule is Cc1cc(C)nc(CN(C)C(=O)C(c2ccc(F)cc2)N(C)C)c1. The lowest BCUT2D eigenvalue weighted by molar-refractivity contribution is -0.135. The minimum atomic E-state index is -0.457. The van der Waals surface area contributed by atoms with Crippen molar-refractivity contribution in [3.8, 4) is 0 Å². The van der Waals surface area contributed by atoms with Crippen LogP contribution in [-0.4, -0.2) is 41.8 Å². The van der Waals surface area contributed by atoms with Crippen LogP contribution in [0.3, 0.4) is 0 Å². The summed E-state index contributed by atoms with van der Waals surface area (Å²) in [7, 11) is 5.45. The number of likely N-dealkylation sites (N-methyl/N-ethyl adjacent to an activating group) is 2. The molecule has 0 spiro atoms. The highest BCUT2D eigenvalue weighted by Crippen LogP contribution is 2.21. The average Bonchev–Trinajstić information content (AvgIpc) is 2.47. The predicted molar refractivity (Wildman–Crippen MR) is 93.0 cm³/mol. The molecule has 0 fully saturated rings. The summed E-state index contributed by atoms with van der Waals surface area (Å²) in [4.78, 5) is 20.9. The Balaban J connectivity index is 2.21. The number of hydrogen-bond donors (Lipinski definition) is 0. The Kier molecular flexibility index (Phi) is 5.67. The molecule has 5 heteroatoms. The third kappa shape index (κ3) is 4.38. The van der Waals surface area contributed by atoms with E-state index in [-0.39, 0.29) is 11.7 Å². The second kappa shape index (κ2) is 7.53. The van der Waals surface area contributed by atoms with Crippen LogP contribution in [0, 0.1) is 19.7 Å². The molecule has 1 atom stereocenters. The van der Waals surface area contributed by atoms with Crippen LogP contribution in [0.1, 0.15) is 28.6 Å². The fourth-order valence-electron chi connectivity index (χ4n) is 2.84. The molecule has 0 radical (unpaired) electrons. The van der Waals surface area contributed by atoms with Crippen molar-refractivity contribution in [2.75, 3.05) is 21.1 Å². The van der Waals surface area contributed by atoms with Crippen LogP contribution in [-0.2, 0) is 11.3 Å². The van der Waals surface area contributed by atoms with E-state index in [0.717, 1.165) is 22.5 Å². The molecule has 2 aromatic rings. The lowest BCUT2D eigenvalue weighted by atomic mass is 10.0. The summed E-state index contributed by atoms with van der Waals surface area (Å²) in [6.45, 7) is 4.40. The molecule has 0 saturated heterocycles. The fourth-order valence-corrected chi connectivity index (χ4v) is 2.84. The molecule has 1 amide bonds. The summed E-state index contributed by atoms with van der Waals surface area (Å²) in [6.07, 6.45) is 0. The van der Waals surface area contributed by atoms with Gasteiger partial charge in [0.15, 0.2) is 0 Å². The number of carbonyl (C=O) groups excluding carboxylic acids is 1. The van der Waals surface area contributed by atoms with Gasteiger partial charge in [0, 0.05) is 12.7 Å². The van der Waals surface area contributed by atoms with Crippen molar-refractivity contribution < 1.29 is 9.18 Å². The summed E-state index contributed by atoms with van der Waals surface area (Å²) in [6, 6.07) is 9.60. The van der Waals surface area contributed by atoms with Gasteiger partial charge in [-0.05, 0) is 63.3 Å². The minimum absolute atomic E-state index is 0.0485. The van der Waals surface area contributed by atoms with Gasteiger partial charge in [-0.3, -0.25) is 14.7 Å². The van der Waals surface area contributed by atoms with Gasteiger partial charge in [-0.15, -0.1) is 0 Å². The first-order valence-electron chi connectivity index (χ1n) is 7.89. The van der Waals surface area contributed by atoms with Gasteiger partial charge in [-0.1, -0.05) is 12.1 Å². The van der Waals surface area contributed by atoms with Gasteiger partial charge in [0.2, 0.25) is 5.91 Å². The van der Waals surface area contributed by atoms with Crippen LogP contribution in [0.5, 0.6) is 0 Å². The highest BCUT2D eigenvalue weighted by atomic mass is 19.1. The maximum Gasteiger partial charge on any atom is 0.244 e. The van der Waals surface area contributed by atoms with E-state index in [0.29, 0.717) is 6.54 Å². The molecule has 1 unspecified atom stereocenters. The van der Waals surface area contributed by atoms with Crippen LogP contribution >= 0.6 is 0 Å². The monoisotopic (exact) mass is 329 g/mol. The summed E-state index contributed by atoms with van der Waals surface area (Å²) in [5.41, 5.74) is 3.70. The summed E-state index contributed by atoms with van der Waals surface area (Å²) in [5, 5.41) is 0. The average molecular weight is 329 g/mol. The minimum Gasteiger partial charge on any atom is -0.338 e. The second-order valence-corrected chi connectivity index (χ2v) is 6.39. The van der Waals surface area contributed by atoms with E-state index in [9.17, 15) is 9.18 Å². The normalized spacial score (nSPS) is 12.3. The molecule has 1 aromatic heterocycles. The molecule has 2 rings (SSSR count). The highest BCUT2D eigenvalue weighted by Gasteiger charge is 2.26. The molecule has 0 aliphatic heterocycles. The van der Waals surface area contributed by atoms with Crippen molar-refractivity contribution >= 4 is 5.91 Å². The Morgan fingerprint density at radius 3 is 2.29 bits per heavy atom. The number of pyridine rings is 1. The summed E-state index contributed by atoms with van der Waals surface area (Å²) in [5.74, 6) is -0.357. The van der Waals surface area contributed by atoms with E-state index in [4.69, 9.17) is 0 Å². The van der Waals surface area contributed by atoms with Crippen molar-refractivity contribution in [3.63, 3.8) is 0 Å². The molecule has 0 aliphatic rings. The summed E-state index contributed by atoms with van der Waals surface area (Å²) >= 11 is 0. The van der Waals surface area contributed by atoms with Crippen LogP contribution in [0.4, 0.5) is 4.39 Å². The number of aromatic nitrogens is 1. The second-order valence-electron chi connectivity index (χ2n) is 6.39. The van der Waals surface area contributed by atoms with Crippen molar-refractivity contribution in [2.45, 2.75) is 26.4 Å². The Morgan fingerprint density at radius 2 is 1.75 bits per heavy atom. The van der Waals surface area contributed by atoms with Crippen molar-refractivity contribution in [2.24, 2.45) is 0 Å². The Hall–Kier alpha value is -2.27. The Morgan fingerprint density at radius 1 is 1.12 bits per heavy atom. The molecule has 4 nitrogen and oxygen atoms in total. The van der Waals surface area contributed by atoms with E-state index in [2.05, 4.69) is 4.98 Å². The van der Waals surface area contributed by atoms with E-state index in [1.165, 1.54) is 12.1 Å². The molecular weight excluding hydrogens is 305 g/mol. The molecule has 128 valence electrons. The van der Waals surface area contributed by atoms with E-state index in [1.807, 2.05) is 45.0 Å². The maximum atomic E-state index is 13.2. The predicted octanol–water partition coefficient (Wildman–Crippen LogP) is 3.10. The van der Waals surface area contributed by atoms with Crippen molar-refractivity contribution in [3.05, 3.63) is 64.7 Å². The number of carbonyl (C=O) groups is 1. The molecule has 0 bridgehead atoms. The van der Waals surface area contributed by atoms with Crippen LogP contribution < -0.4 is 0 Å².